The third-order valence-corrected chi connectivity index (χ3v) is 5.91. The monoisotopic (exact) mass is 441 g/mol. The first kappa shape index (κ1) is 22.4. The number of hydrogen-bond donors (Lipinski definition) is 4. The van der Waals surface area contributed by atoms with E-state index in [1.54, 1.807) is 12.1 Å². The molecule has 0 saturated heterocycles. The summed E-state index contributed by atoms with van der Waals surface area (Å²) >= 11 is 9.69. The Hall–Kier alpha value is -1.92. The van der Waals surface area contributed by atoms with Crippen LogP contribution in [0.2, 0.25) is 0 Å². The molecule has 0 aliphatic heterocycles. The summed E-state index contributed by atoms with van der Waals surface area (Å²) in [5, 5.41) is 2.06. The minimum atomic E-state index is -4.16. The van der Waals surface area contributed by atoms with Gasteiger partial charge in [0.1, 0.15) is 4.99 Å². The molecule has 1 aliphatic rings. The summed E-state index contributed by atoms with van der Waals surface area (Å²) in [5.74, 6) is 0. The molecule has 8 nitrogen and oxygen atoms in total. The van der Waals surface area contributed by atoms with Crippen LogP contribution in [0.25, 0.3) is 0 Å². The molecule has 1 aliphatic carbocycles. The molecule has 0 radical (unpaired) electrons. The molecule has 2 amide bonds. The topological polar surface area (TPSA) is 93.8 Å². The summed E-state index contributed by atoms with van der Waals surface area (Å²) in [7, 11) is -1.11. The lowest BCUT2D eigenvalue weighted by atomic mass is 10.1. The molecule has 152 valence electrons. The molecule has 0 aromatic heterocycles. The Kier molecular flexibility index (Phi) is 8.01. The van der Waals surface area contributed by atoms with E-state index in [0.29, 0.717) is 10.6 Å². The molecule has 0 fully saturated rings. The van der Waals surface area contributed by atoms with Gasteiger partial charge in [-0.2, -0.15) is 21.0 Å². The number of benzene rings is 1. The van der Waals surface area contributed by atoms with Gasteiger partial charge in [-0.15, -0.1) is 4.83 Å². The maximum atomic E-state index is 12.2. The van der Waals surface area contributed by atoms with Gasteiger partial charge in [-0.3, -0.25) is 5.01 Å². The molecule has 28 heavy (non-hydrogen) atoms. The molecule has 0 heterocycles. The number of hydrogen-bond acceptors (Lipinski definition) is 6. The zero-order valence-electron chi connectivity index (χ0n) is 15.5. The maximum Gasteiger partial charge on any atom is 0.348 e. The molecule has 0 saturated carbocycles. The third-order valence-electron chi connectivity index (χ3n) is 3.77. The van der Waals surface area contributed by atoms with Gasteiger partial charge in [0.25, 0.3) is 0 Å². The van der Waals surface area contributed by atoms with E-state index < -0.39 is 21.6 Å². The smallest absolute Gasteiger partial charge is 0.276 e. The van der Waals surface area contributed by atoms with Crippen LogP contribution in [0.4, 0.5) is 4.79 Å². The Morgan fingerprint density at radius 2 is 1.89 bits per heavy atom. The SMILES string of the molecule is CN(NC(=O)NS(=O)(=O)NN(C)C(S)C1=CCCC=C1)C(=S)c1ccccc1. The van der Waals surface area contributed by atoms with Crippen molar-refractivity contribution in [1.29, 1.82) is 0 Å². The highest BCUT2D eigenvalue weighted by Crippen LogP contribution is 2.18. The van der Waals surface area contributed by atoms with Crippen LogP contribution < -0.4 is 15.0 Å². The van der Waals surface area contributed by atoms with Crippen LogP contribution in [0.3, 0.4) is 0 Å². The van der Waals surface area contributed by atoms with Crippen LogP contribution in [-0.2, 0) is 10.2 Å². The molecule has 11 heteroatoms. The lowest BCUT2D eigenvalue weighted by Crippen LogP contribution is -2.55. The van der Waals surface area contributed by atoms with Crippen molar-refractivity contribution in [3.05, 3.63) is 59.7 Å². The minimum Gasteiger partial charge on any atom is -0.276 e. The number of carbonyl (C=O) groups is 1. The second kappa shape index (κ2) is 10.0. The van der Waals surface area contributed by atoms with Crippen molar-refractivity contribution in [1.82, 2.24) is 25.0 Å². The molecule has 1 unspecified atom stereocenters. The number of rotatable bonds is 6. The number of hydrazine groups is 2. The Labute approximate surface area is 176 Å². The number of likely N-dealkylation sites (N-methyl/N-ethyl adjacent to an activating group) is 1. The van der Waals surface area contributed by atoms with E-state index >= 15 is 0 Å². The number of amides is 2. The fraction of sp³-hybridized carbons (Fsp3) is 0.294. The minimum absolute atomic E-state index is 0.338. The highest BCUT2D eigenvalue weighted by molar-refractivity contribution is 7.88. The lowest BCUT2D eigenvalue weighted by Gasteiger charge is -2.26. The maximum absolute atomic E-state index is 12.2. The number of nitrogens with one attached hydrogen (secondary N) is 3. The van der Waals surface area contributed by atoms with E-state index in [1.807, 2.05) is 41.1 Å². The second-order valence-corrected chi connectivity index (χ2v) is 8.31. The Balaban J connectivity index is 1.90. The van der Waals surface area contributed by atoms with Crippen molar-refractivity contribution < 1.29 is 13.2 Å². The van der Waals surface area contributed by atoms with Crippen LogP contribution in [-0.4, -0.2) is 48.9 Å². The van der Waals surface area contributed by atoms with Gasteiger partial charge in [-0.25, -0.2) is 20.0 Å². The number of thiocarbonyl (C=S) groups is 1. The van der Waals surface area contributed by atoms with Crippen LogP contribution in [0.1, 0.15) is 18.4 Å². The highest BCUT2D eigenvalue weighted by Gasteiger charge is 2.22. The quantitative estimate of drug-likeness (QED) is 0.233. The van der Waals surface area contributed by atoms with Crippen molar-refractivity contribution >= 4 is 46.1 Å². The van der Waals surface area contributed by atoms with Gasteiger partial charge in [0, 0.05) is 19.7 Å². The summed E-state index contributed by atoms with van der Waals surface area (Å²) in [4.78, 5) is 14.6. The normalized spacial score (nSPS) is 14.9. The fourth-order valence-corrected chi connectivity index (χ4v) is 3.76. The summed E-state index contributed by atoms with van der Waals surface area (Å²) < 4.78 is 26.3. The van der Waals surface area contributed by atoms with Crippen LogP contribution in [0, 0.1) is 0 Å². The van der Waals surface area contributed by atoms with Crippen molar-refractivity contribution in [2.75, 3.05) is 14.1 Å². The van der Waals surface area contributed by atoms with Crippen LogP contribution in [0.5, 0.6) is 0 Å². The molecule has 2 rings (SSSR count). The summed E-state index contributed by atoms with van der Waals surface area (Å²) in [6, 6.07) is 8.08. The van der Waals surface area contributed by atoms with Gasteiger partial charge in [-0.05, 0) is 18.4 Å². The van der Waals surface area contributed by atoms with Gasteiger partial charge in [0.2, 0.25) is 0 Å². The predicted molar refractivity (Wildman–Crippen MR) is 117 cm³/mol. The van der Waals surface area contributed by atoms with Crippen molar-refractivity contribution in [3.8, 4) is 0 Å². The van der Waals surface area contributed by atoms with Gasteiger partial charge in [-0.1, -0.05) is 60.8 Å². The average molecular weight is 442 g/mol. The number of urea groups is 1. The first-order valence-electron chi connectivity index (χ1n) is 8.41. The number of thiol groups is 1. The second-order valence-electron chi connectivity index (χ2n) is 6.04. The Morgan fingerprint density at radius 3 is 2.50 bits per heavy atom. The lowest BCUT2D eigenvalue weighted by molar-refractivity contribution is 0.229. The average Bonchev–Trinajstić information content (AvgIpc) is 2.67. The van der Waals surface area contributed by atoms with Gasteiger partial charge >= 0.3 is 16.2 Å². The Bertz CT molecular complexity index is 871. The standard InChI is InChI=1S/C17H23N5O3S3/c1-21(15(26)13-9-5-3-6-10-13)18-17(23)19-28(24,25)20-22(2)16(27)14-11-7-4-8-12-14/h3,5-7,9-12,16,20,27H,4,8H2,1-2H3,(H2,18,19,23). The first-order chi connectivity index (χ1) is 13.2. The van der Waals surface area contributed by atoms with Crippen molar-refractivity contribution in [2.45, 2.75) is 18.2 Å². The largest absolute Gasteiger partial charge is 0.348 e. The van der Waals surface area contributed by atoms with Gasteiger partial charge in [0.15, 0.2) is 0 Å². The first-order valence-corrected chi connectivity index (χ1v) is 10.8. The third kappa shape index (κ3) is 6.60. The fourth-order valence-electron chi connectivity index (χ4n) is 2.43. The molecule has 0 bridgehead atoms. The van der Waals surface area contributed by atoms with E-state index in [9.17, 15) is 13.2 Å². The predicted octanol–water partition coefficient (Wildman–Crippen LogP) is 1.72. The number of allylic oxidation sites excluding steroid dienone is 2. The van der Waals surface area contributed by atoms with E-state index in [-0.39, 0.29) is 0 Å². The zero-order valence-corrected chi connectivity index (χ0v) is 18.0. The molecule has 1 aromatic rings. The molecular formula is C17H23N5O3S3. The van der Waals surface area contributed by atoms with E-state index in [0.717, 1.165) is 18.4 Å². The Morgan fingerprint density at radius 1 is 1.21 bits per heavy atom. The zero-order chi connectivity index (χ0) is 20.7. The molecule has 1 atom stereocenters. The molecule has 3 N–H and O–H groups in total. The summed E-state index contributed by atoms with van der Waals surface area (Å²) in [6.45, 7) is 0. The van der Waals surface area contributed by atoms with Crippen molar-refractivity contribution in [2.24, 2.45) is 0 Å². The van der Waals surface area contributed by atoms with Crippen LogP contribution in [0.15, 0.2) is 54.1 Å². The van der Waals surface area contributed by atoms with Crippen molar-refractivity contribution in [3.63, 3.8) is 0 Å². The van der Waals surface area contributed by atoms with E-state index in [4.69, 9.17) is 12.2 Å². The number of nitrogens with zero attached hydrogens (tertiary/aromatic N) is 2. The summed E-state index contributed by atoms with van der Waals surface area (Å²) in [6.07, 6.45) is 7.70. The van der Waals surface area contributed by atoms with Crippen LogP contribution >= 0.6 is 24.8 Å². The number of carbonyl (C=O) groups excluding carboxylic acids is 1. The molecular weight excluding hydrogens is 418 g/mol. The molecule has 1 aromatic carbocycles. The molecule has 0 spiro atoms. The van der Waals surface area contributed by atoms with E-state index in [1.165, 1.54) is 24.1 Å². The van der Waals surface area contributed by atoms with Gasteiger partial charge in [0.05, 0.1) is 5.37 Å². The highest BCUT2D eigenvalue weighted by atomic mass is 32.2. The van der Waals surface area contributed by atoms with Gasteiger partial charge < -0.3 is 0 Å². The van der Waals surface area contributed by atoms with E-state index in [2.05, 4.69) is 22.9 Å². The summed E-state index contributed by atoms with van der Waals surface area (Å²) in [5.41, 5.74) is 3.95.